The fourth-order valence-electron chi connectivity index (χ4n) is 2.63. The predicted octanol–water partition coefficient (Wildman–Crippen LogP) is 2.67. The van der Waals surface area contributed by atoms with Crippen LogP contribution in [0.5, 0.6) is 0 Å². The van der Waals surface area contributed by atoms with Gasteiger partial charge >= 0.3 is 5.97 Å². The molecule has 1 aliphatic rings. The van der Waals surface area contributed by atoms with E-state index in [4.69, 9.17) is 4.74 Å². The molecular weight excluding hydrogens is 328 g/mol. The molecule has 0 spiro atoms. The number of nitrogens with one attached hydrogen (secondary N) is 1. The van der Waals surface area contributed by atoms with Crippen LogP contribution in [-0.4, -0.2) is 30.4 Å². The molecule has 0 saturated heterocycles. The van der Waals surface area contributed by atoms with E-state index in [1.165, 1.54) is 16.2 Å². The Morgan fingerprint density at radius 2 is 2.12 bits per heavy atom. The van der Waals surface area contributed by atoms with E-state index in [0.717, 1.165) is 0 Å². The first-order valence-corrected chi connectivity index (χ1v) is 8.41. The van der Waals surface area contributed by atoms with Crippen LogP contribution in [0.25, 0.3) is 0 Å². The zero-order valence-corrected chi connectivity index (χ0v) is 13.8. The number of hydrogen-bond donors (Lipinski definition) is 1. The maximum absolute atomic E-state index is 12.6. The number of carbonyl (C=O) groups is 3. The lowest BCUT2D eigenvalue weighted by Crippen LogP contribution is -2.41. The van der Waals surface area contributed by atoms with Gasteiger partial charge in [0.2, 0.25) is 5.91 Å². The van der Waals surface area contributed by atoms with Crippen molar-refractivity contribution >= 4 is 40.5 Å². The number of thiophene rings is 1. The number of nitrogens with zero attached hydrogens (tertiary/aromatic N) is 1. The summed E-state index contributed by atoms with van der Waals surface area (Å²) in [7, 11) is 0. The second-order valence-electron chi connectivity index (χ2n) is 5.47. The molecule has 2 aromatic rings. The van der Waals surface area contributed by atoms with Crippen molar-refractivity contribution in [3.8, 4) is 0 Å². The van der Waals surface area contributed by atoms with E-state index in [1.807, 2.05) is 0 Å². The van der Waals surface area contributed by atoms with Gasteiger partial charge in [-0.3, -0.25) is 9.59 Å². The molecule has 24 heavy (non-hydrogen) atoms. The molecule has 0 radical (unpaired) electrons. The monoisotopic (exact) mass is 344 g/mol. The molecule has 2 amide bonds. The van der Waals surface area contributed by atoms with Crippen molar-refractivity contribution in [2.75, 3.05) is 16.8 Å². The van der Waals surface area contributed by atoms with Crippen LogP contribution in [0.2, 0.25) is 0 Å². The maximum atomic E-state index is 12.6. The predicted molar refractivity (Wildman–Crippen MR) is 91.2 cm³/mol. The van der Waals surface area contributed by atoms with E-state index >= 15 is 0 Å². The summed E-state index contributed by atoms with van der Waals surface area (Å²) in [4.78, 5) is 37.9. The van der Waals surface area contributed by atoms with Gasteiger partial charge in [0.05, 0.1) is 16.9 Å². The first-order valence-electron chi connectivity index (χ1n) is 7.46. The van der Waals surface area contributed by atoms with Crippen LogP contribution in [0, 0.1) is 0 Å². The minimum absolute atomic E-state index is 0.152. The zero-order chi connectivity index (χ0) is 17.1. The average Bonchev–Trinajstić information content (AvgIpc) is 3.04. The van der Waals surface area contributed by atoms with E-state index in [1.54, 1.807) is 48.0 Å². The van der Waals surface area contributed by atoms with Crippen molar-refractivity contribution in [3.05, 3.63) is 46.7 Å². The van der Waals surface area contributed by atoms with Gasteiger partial charge in [-0.25, -0.2) is 4.79 Å². The second kappa shape index (κ2) is 6.84. The molecule has 1 aromatic carbocycles. The van der Waals surface area contributed by atoms with Crippen molar-refractivity contribution in [1.82, 2.24) is 0 Å². The molecule has 124 valence electrons. The van der Waals surface area contributed by atoms with Crippen LogP contribution in [-0.2, 0) is 14.3 Å². The van der Waals surface area contributed by atoms with Gasteiger partial charge in [-0.15, -0.1) is 0 Å². The second-order valence-corrected chi connectivity index (χ2v) is 6.25. The third kappa shape index (κ3) is 3.30. The lowest BCUT2D eigenvalue weighted by Gasteiger charge is -2.27. The molecule has 0 fully saturated rings. The Labute approximate surface area is 143 Å². The Kier molecular flexibility index (Phi) is 4.61. The van der Waals surface area contributed by atoms with Gasteiger partial charge in [-0.2, -0.15) is 11.3 Å². The molecule has 2 heterocycles. The number of amides is 2. The summed E-state index contributed by atoms with van der Waals surface area (Å²) >= 11 is 1.38. The van der Waals surface area contributed by atoms with Crippen LogP contribution >= 0.6 is 11.3 Å². The third-order valence-electron chi connectivity index (χ3n) is 3.71. The molecule has 6 nitrogen and oxygen atoms in total. The highest BCUT2D eigenvalue weighted by atomic mass is 32.1. The summed E-state index contributed by atoms with van der Waals surface area (Å²) in [5.74, 6) is -1.05. The SMILES string of the molecule is C[C@H]1CC(=O)Nc2ccccc2N1C(=O)COC(=O)c1ccsc1. The molecule has 1 aliphatic heterocycles. The quantitative estimate of drug-likeness (QED) is 0.869. The molecule has 1 aromatic heterocycles. The summed E-state index contributed by atoms with van der Waals surface area (Å²) in [6.07, 6.45) is 0.179. The highest BCUT2D eigenvalue weighted by molar-refractivity contribution is 7.08. The van der Waals surface area contributed by atoms with Gasteiger partial charge in [-0.05, 0) is 30.5 Å². The van der Waals surface area contributed by atoms with E-state index in [0.29, 0.717) is 16.9 Å². The van der Waals surface area contributed by atoms with Crippen molar-refractivity contribution in [3.63, 3.8) is 0 Å². The molecule has 3 rings (SSSR count). The topological polar surface area (TPSA) is 75.7 Å². The number of fused-ring (bicyclic) bond motifs is 1. The highest BCUT2D eigenvalue weighted by Crippen LogP contribution is 2.31. The number of carbonyl (C=O) groups excluding carboxylic acids is 3. The molecule has 0 bridgehead atoms. The Morgan fingerprint density at radius 1 is 1.33 bits per heavy atom. The molecule has 1 N–H and O–H groups in total. The van der Waals surface area contributed by atoms with Crippen LogP contribution in [0.15, 0.2) is 41.1 Å². The highest BCUT2D eigenvalue weighted by Gasteiger charge is 2.30. The van der Waals surface area contributed by atoms with Gasteiger partial charge in [0, 0.05) is 17.8 Å². The number of rotatable bonds is 3. The van der Waals surface area contributed by atoms with E-state index < -0.39 is 5.97 Å². The minimum atomic E-state index is -0.533. The van der Waals surface area contributed by atoms with Gasteiger partial charge in [0.1, 0.15) is 0 Å². The van der Waals surface area contributed by atoms with Crippen molar-refractivity contribution in [2.24, 2.45) is 0 Å². The number of anilines is 2. The lowest BCUT2D eigenvalue weighted by molar-refractivity contribution is -0.122. The average molecular weight is 344 g/mol. The van der Waals surface area contributed by atoms with Crippen LogP contribution < -0.4 is 10.2 Å². The van der Waals surface area contributed by atoms with Gasteiger partial charge < -0.3 is 15.0 Å². The number of ether oxygens (including phenoxy) is 1. The Morgan fingerprint density at radius 3 is 2.88 bits per heavy atom. The van der Waals surface area contributed by atoms with E-state index in [9.17, 15) is 14.4 Å². The van der Waals surface area contributed by atoms with Gasteiger partial charge in [-0.1, -0.05) is 12.1 Å². The zero-order valence-electron chi connectivity index (χ0n) is 13.0. The third-order valence-corrected chi connectivity index (χ3v) is 4.39. The van der Waals surface area contributed by atoms with E-state index in [2.05, 4.69) is 5.32 Å². The fourth-order valence-corrected chi connectivity index (χ4v) is 3.25. The van der Waals surface area contributed by atoms with Crippen LogP contribution in [0.4, 0.5) is 11.4 Å². The Bertz CT molecular complexity index is 773. The smallest absolute Gasteiger partial charge is 0.339 e. The normalized spacial score (nSPS) is 16.8. The number of hydrogen-bond acceptors (Lipinski definition) is 5. The van der Waals surface area contributed by atoms with Gasteiger partial charge in [0.25, 0.3) is 5.91 Å². The number of esters is 1. The summed E-state index contributed by atoms with van der Waals surface area (Å²) in [6, 6.07) is 8.39. The van der Waals surface area contributed by atoms with Crippen LogP contribution in [0.1, 0.15) is 23.7 Å². The number of para-hydroxylation sites is 2. The molecular formula is C17H16N2O4S. The summed E-state index contributed by atoms with van der Waals surface area (Å²) < 4.78 is 5.10. The van der Waals surface area contributed by atoms with Gasteiger partial charge in [0.15, 0.2) is 6.61 Å². The Balaban J connectivity index is 1.78. The molecule has 0 unspecified atom stereocenters. The molecule has 0 saturated carbocycles. The largest absolute Gasteiger partial charge is 0.452 e. The minimum Gasteiger partial charge on any atom is -0.452 e. The fraction of sp³-hybridized carbons (Fsp3) is 0.235. The summed E-state index contributed by atoms with van der Waals surface area (Å²) in [5, 5.41) is 6.22. The summed E-state index contributed by atoms with van der Waals surface area (Å²) in [6.45, 7) is 1.42. The first-order chi connectivity index (χ1) is 11.6. The lowest BCUT2D eigenvalue weighted by atomic mass is 10.1. The number of benzene rings is 1. The van der Waals surface area contributed by atoms with E-state index in [-0.39, 0.29) is 30.9 Å². The molecule has 7 heteroatoms. The van der Waals surface area contributed by atoms with Crippen molar-refractivity contribution in [1.29, 1.82) is 0 Å². The maximum Gasteiger partial charge on any atom is 0.339 e. The first kappa shape index (κ1) is 16.2. The standard InChI is InChI=1S/C17H16N2O4S/c1-11-8-15(20)18-13-4-2-3-5-14(13)19(11)16(21)9-23-17(22)12-6-7-24-10-12/h2-7,10-11H,8-9H2,1H3,(H,18,20)/t11-/m0/s1. The van der Waals surface area contributed by atoms with Crippen LogP contribution in [0.3, 0.4) is 0 Å². The molecule has 0 aliphatic carbocycles. The summed E-state index contributed by atoms with van der Waals surface area (Å²) in [5.41, 5.74) is 1.60. The molecule has 1 atom stereocenters. The van der Waals surface area contributed by atoms with Crippen molar-refractivity contribution < 1.29 is 19.1 Å². The van der Waals surface area contributed by atoms with Crippen molar-refractivity contribution in [2.45, 2.75) is 19.4 Å². The Hall–Kier alpha value is -2.67.